The first-order valence-corrected chi connectivity index (χ1v) is 12.3. The first-order chi connectivity index (χ1) is 17.0. The van der Waals surface area contributed by atoms with Gasteiger partial charge in [0.1, 0.15) is 5.82 Å². The highest BCUT2D eigenvalue weighted by atomic mass is 32.2. The Morgan fingerprint density at radius 3 is 2.46 bits per heavy atom. The van der Waals surface area contributed by atoms with Gasteiger partial charge in [-0.2, -0.15) is 4.98 Å². The zero-order chi connectivity index (χ0) is 24.4. The third kappa shape index (κ3) is 4.57. The first kappa shape index (κ1) is 22.9. The number of amides is 2. The van der Waals surface area contributed by atoms with Gasteiger partial charge in [-0.25, -0.2) is 9.18 Å². The quantitative estimate of drug-likeness (QED) is 0.324. The van der Waals surface area contributed by atoms with Crippen molar-refractivity contribution in [2.24, 2.45) is 0 Å². The number of rotatable bonds is 6. The zero-order valence-electron chi connectivity index (χ0n) is 19.2. The van der Waals surface area contributed by atoms with E-state index in [1.54, 1.807) is 30.0 Å². The van der Waals surface area contributed by atoms with Crippen molar-refractivity contribution in [3.63, 3.8) is 0 Å². The Morgan fingerprint density at radius 2 is 1.74 bits per heavy atom. The van der Waals surface area contributed by atoms with Crippen LogP contribution in [0.1, 0.15) is 30.0 Å². The topological polar surface area (TPSA) is 71.3 Å². The van der Waals surface area contributed by atoms with E-state index in [0.717, 1.165) is 16.0 Å². The summed E-state index contributed by atoms with van der Waals surface area (Å²) < 4.78 is 20.1. The molecular weight excluding hydrogens is 463 g/mol. The highest BCUT2D eigenvalue weighted by molar-refractivity contribution is 7.98. The molecule has 1 N–H and O–H groups in total. The summed E-state index contributed by atoms with van der Waals surface area (Å²) in [5, 5.41) is 7.24. The van der Waals surface area contributed by atoms with E-state index >= 15 is 0 Å². The SMILES string of the molecule is CSc1ccc(C2NC(=O)N(Cc3ccccc3F)C(C)=C2c2nc(-c3ccccc3)no2)cc1. The Hall–Kier alpha value is -3.91. The lowest BCUT2D eigenvalue weighted by Gasteiger charge is -2.35. The lowest BCUT2D eigenvalue weighted by Crippen LogP contribution is -2.45. The molecule has 0 radical (unpaired) electrons. The summed E-state index contributed by atoms with van der Waals surface area (Å²) in [6, 6.07) is 23.1. The molecule has 5 rings (SSSR count). The molecule has 8 heteroatoms. The average molecular weight is 487 g/mol. The zero-order valence-corrected chi connectivity index (χ0v) is 20.1. The van der Waals surface area contributed by atoms with Crippen LogP contribution in [0.2, 0.25) is 0 Å². The van der Waals surface area contributed by atoms with Crippen LogP contribution >= 0.6 is 11.8 Å². The molecule has 1 aliphatic heterocycles. The number of nitrogens with one attached hydrogen (secondary N) is 1. The Bertz CT molecular complexity index is 1390. The van der Waals surface area contributed by atoms with E-state index in [2.05, 4.69) is 15.5 Å². The van der Waals surface area contributed by atoms with Crippen molar-refractivity contribution in [1.29, 1.82) is 0 Å². The highest BCUT2D eigenvalue weighted by Crippen LogP contribution is 2.38. The molecule has 4 aromatic rings. The van der Waals surface area contributed by atoms with Crippen molar-refractivity contribution in [2.45, 2.75) is 24.4 Å². The Morgan fingerprint density at radius 1 is 1.03 bits per heavy atom. The van der Waals surface area contributed by atoms with Gasteiger partial charge in [0.15, 0.2) is 0 Å². The first-order valence-electron chi connectivity index (χ1n) is 11.1. The Labute approximate surface area is 206 Å². The minimum Gasteiger partial charge on any atom is -0.334 e. The van der Waals surface area contributed by atoms with Crippen LogP contribution in [0.15, 0.2) is 94.0 Å². The monoisotopic (exact) mass is 486 g/mol. The van der Waals surface area contributed by atoms with Gasteiger partial charge in [-0.3, -0.25) is 4.90 Å². The molecule has 0 bridgehead atoms. The van der Waals surface area contributed by atoms with Gasteiger partial charge in [-0.15, -0.1) is 11.8 Å². The van der Waals surface area contributed by atoms with Gasteiger partial charge in [0.2, 0.25) is 5.82 Å². The number of nitrogens with zero attached hydrogens (tertiary/aromatic N) is 3. The standard InChI is InChI=1S/C27H23FN4O2S/c1-17-23(26-30-25(31-34-26)19-8-4-3-5-9-19)24(18-12-14-21(35-2)15-13-18)29-27(33)32(17)16-20-10-6-7-11-22(20)28/h3-15,24H,16H2,1-2H3,(H,29,33). The summed E-state index contributed by atoms with van der Waals surface area (Å²) in [5.41, 5.74) is 3.42. The Balaban J connectivity index is 1.60. The fraction of sp³-hybridized carbons (Fsp3) is 0.148. The molecule has 2 heterocycles. The summed E-state index contributed by atoms with van der Waals surface area (Å²) in [4.78, 5) is 20.5. The maximum Gasteiger partial charge on any atom is 0.322 e. The van der Waals surface area contributed by atoms with Gasteiger partial charge in [0, 0.05) is 21.7 Å². The van der Waals surface area contributed by atoms with Gasteiger partial charge in [0.05, 0.1) is 18.2 Å². The molecule has 1 aliphatic rings. The van der Waals surface area contributed by atoms with Gasteiger partial charge < -0.3 is 9.84 Å². The van der Waals surface area contributed by atoms with Crippen molar-refractivity contribution < 1.29 is 13.7 Å². The number of benzene rings is 3. The molecule has 0 aliphatic carbocycles. The minimum atomic E-state index is -0.501. The normalized spacial score (nSPS) is 15.9. The second-order valence-corrected chi connectivity index (χ2v) is 9.00. The largest absolute Gasteiger partial charge is 0.334 e. The van der Waals surface area contributed by atoms with Crippen LogP contribution in [0.4, 0.5) is 9.18 Å². The third-order valence-corrected chi connectivity index (χ3v) is 6.76. The molecule has 6 nitrogen and oxygen atoms in total. The van der Waals surface area contributed by atoms with Gasteiger partial charge >= 0.3 is 6.03 Å². The maximum atomic E-state index is 14.4. The molecule has 2 amide bonds. The summed E-state index contributed by atoms with van der Waals surface area (Å²) in [5.74, 6) is 0.391. The third-order valence-electron chi connectivity index (χ3n) is 6.02. The fourth-order valence-electron chi connectivity index (χ4n) is 4.13. The summed E-state index contributed by atoms with van der Waals surface area (Å²) in [6.45, 7) is 1.90. The number of carbonyl (C=O) groups is 1. The van der Waals surface area contributed by atoms with Crippen molar-refractivity contribution in [3.8, 4) is 11.4 Å². The minimum absolute atomic E-state index is 0.0751. The van der Waals surface area contributed by atoms with Crippen LogP contribution < -0.4 is 5.32 Å². The summed E-state index contributed by atoms with van der Waals surface area (Å²) >= 11 is 1.64. The van der Waals surface area contributed by atoms with Crippen LogP contribution in [-0.4, -0.2) is 27.3 Å². The van der Waals surface area contributed by atoms with Crippen LogP contribution in [0.5, 0.6) is 0 Å². The van der Waals surface area contributed by atoms with Crippen LogP contribution in [0.25, 0.3) is 17.0 Å². The van der Waals surface area contributed by atoms with Crippen molar-refractivity contribution in [2.75, 3.05) is 6.26 Å². The van der Waals surface area contributed by atoms with E-state index in [4.69, 9.17) is 4.52 Å². The van der Waals surface area contributed by atoms with Gasteiger partial charge in [0.25, 0.3) is 5.89 Å². The molecule has 3 aromatic carbocycles. The molecule has 1 unspecified atom stereocenters. The smallest absolute Gasteiger partial charge is 0.322 e. The Kier molecular flexibility index (Phi) is 6.37. The predicted octanol–water partition coefficient (Wildman–Crippen LogP) is 6.30. The van der Waals surface area contributed by atoms with Crippen molar-refractivity contribution in [3.05, 3.63) is 107 Å². The average Bonchev–Trinajstić information content (AvgIpc) is 3.37. The number of hydrogen-bond acceptors (Lipinski definition) is 5. The lowest BCUT2D eigenvalue weighted by atomic mass is 9.94. The molecule has 0 spiro atoms. The fourth-order valence-corrected chi connectivity index (χ4v) is 4.54. The molecule has 35 heavy (non-hydrogen) atoms. The van der Waals surface area contributed by atoms with Crippen LogP contribution in [0.3, 0.4) is 0 Å². The van der Waals surface area contributed by atoms with Crippen LogP contribution in [-0.2, 0) is 6.54 Å². The molecule has 1 atom stereocenters. The van der Waals surface area contributed by atoms with Crippen molar-refractivity contribution >= 4 is 23.4 Å². The van der Waals surface area contributed by atoms with E-state index in [-0.39, 0.29) is 18.4 Å². The number of urea groups is 1. The highest BCUT2D eigenvalue weighted by Gasteiger charge is 2.36. The van der Waals surface area contributed by atoms with E-state index in [0.29, 0.717) is 28.5 Å². The number of hydrogen-bond donors (Lipinski definition) is 1. The second kappa shape index (κ2) is 9.76. The molecule has 1 aromatic heterocycles. The number of halogens is 1. The molecular formula is C27H23FN4O2S. The second-order valence-electron chi connectivity index (χ2n) is 8.12. The number of thioether (sulfide) groups is 1. The van der Waals surface area contributed by atoms with Gasteiger partial charge in [-0.05, 0) is 36.9 Å². The van der Waals surface area contributed by atoms with Crippen molar-refractivity contribution in [1.82, 2.24) is 20.4 Å². The lowest BCUT2D eigenvalue weighted by molar-refractivity contribution is 0.202. The number of carbonyl (C=O) groups excluding carboxylic acids is 1. The maximum absolute atomic E-state index is 14.4. The molecule has 0 saturated heterocycles. The molecule has 0 fully saturated rings. The van der Waals surface area contributed by atoms with E-state index in [1.165, 1.54) is 11.0 Å². The van der Waals surface area contributed by atoms with Gasteiger partial charge in [-0.1, -0.05) is 65.8 Å². The van der Waals surface area contributed by atoms with Crippen LogP contribution in [0, 0.1) is 5.82 Å². The van der Waals surface area contributed by atoms with E-state index in [1.807, 2.05) is 67.8 Å². The predicted molar refractivity (Wildman–Crippen MR) is 134 cm³/mol. The van der Waals surface area contributed by atoms with E-state index in [9.17, 15) is 9.18 Å². The summed E-state index contributed by atoms with van der Waals surface area (Å²) in [6.07, 6.45) is 2.01. The number of aromatic nitrogens is 2. The molecule has 0 saturated carbocycles. The summed E-state index contributed by atoms with van der Waals surface area (Å²) in [7, 11) is 0. The molecule has 176 valence electrons. The van der Waals surface area contributed by atoms with E-state index < -0.39 is 6.04 Å². The number of allylic oxidation sites excluding steroid dienone is 1.